The molecule has 0 unspecified atom stereocenters. The van der Waals surface area contributed by atoms with E-state index < -0.39 is 28.5 Å². The number of benzene rings is 2. The highest BCUT2D eigenvalue weighted by Gasteiger charge is 2.29. The first-order valence-corrected chi connectivity index (χ1v) is 13.0. The molecular weight excluding hydrogens is 494 g/mol. The molecule has 0 fully saturated rings. The molecule has 2 aromatic rings. The minimum absolute atomic E-state index is 0.194. The number of aryl methyl sites for hydroxylation is 1. The van der Waals surface area contributed by atoms with E-state index in [1.54, 1.807) is 31.2 Å². The Kier molecular flexibility index (Phi) is 9.27. The van der Waals surface area contributed by atoms with Gasteiger partial charge in [0.25, 0.3) is 0 Å². The van der Waals surface area contributed by atoms with Gasteiger partial charge in [0.15, 0.2) is 0 Å². The Hall–Kier alpha value is -2.39. The maximum Gasteiger partial charge on any atom is 0.244 e. The Balaban J connectivity index is 2.35. The molecule has 0 spiro atoms. The Morgan fingerprint density at radius 2 is 1.78 bits per heavy atom. The SMILES string of the molecule is CCCNC(=O)[C@H](C)N(Cc1cccc(C)c1)C(=O)CN(c1ccc(Br)cc1)S(C)(=O)=O. The van der Waals surface area contributed by atoms with Crippen molar-refractivity contribution in [1.82, 2.24) is 10.2 Å². The molecule has 0 radical (unpaired) electrons. The van der Waals surface area contributed by atoms with E-state index in [1.807, 2.05) is 38.1 Å². The largest absolute Gasteiger partial charge is 0.354 e. The van der Waals surface area contributed by atoms with Crippen molar-refractivity contribution in [3.05, 3.63) is 64.1 Å². The maximum absolute atomic E-state index is 13.4. The van der Waals surface area contributed by atoms with Gasteiger partial charge in [0.2, 0.25) is 21.8 Å². The van der Waals surface area contributed by atoms with Crippen LogP contribution in [0.4, 0.5) is 5.69 Å². The second kappa shape index (κ2) is 11.5. The second-order valence-electron chi connectivity index (χ2n) is 7.72. The fraction of sp³-hybridized carbons (Fsp3) is 0.391. The number of carbonyl (C=O) groups is 2. The molecular formula is C23H30BrN3O4S. The first-order chi connectivity index (χ1) is 15.0. The molecule has 32 heavy (non-hydrogen) atoms. The van der Waals surface area contributed by atoms with Gasteiger partial charge in [0.05, 0.1) is 11.9 Å². The second-order valence-corrected chi connectivity index (χ2v) is 10.5. The summed E-state index contributed by atoms with van der Waals surface area (Å²) >= 11 is 3.33. The van der Waals surface area contributed by atoms with Crippen molar-refractivity contribution < 1.29 is 18.0 Å². The molecule has 174 valence electrons. The van der Waals surface area contributed by atoms with Gasteiger partial charge in [-0.15, -0.1) is 0 Å². The average molecular weight is 524 g/mol. The molecule has 0 aliphatic carbocycles. The lowest BCUT2D eigenvalue weighted by Gasteiger charge is -2.31. The number of carbonyl (C=O) groups excluding carboxylic acids is 2. The molecule has 0 aliphatic rings. The Morgan fingerprint density at radius 1 is 1.12 bits per heavy atom. The van der Waals surface area contributed by atoms with Gasteiger partial charge in [0, 0.05) is 17.6 Å². The van der Waals surface area contributed by atoms with Crippen LogP contribution in [0.5, 0.6) is 0 Å². The summed E-state index contributed by atoms with van der Waals surface area (Å²) in [7, 11) is -3.73. The predicted octanol–water partition coefficient (Wildman–Crippen LogP) is 3.47. The number of anilines is 1. The Morgan fingerprint density at radius 3 is 2.34 bits per heavy atom. The summed E-state index contributed by atoms with van der Waals surface area (Å²) in [6.45, 7) is 5.85. The van der Waals surface area contributed by atoms with Crippen LogP contribution in [0.2, 0.25) is 0 Å². The van der Waals surface area contributed by atoms with E-state index in [-0.39, 0.29) is 12.5 Å². The van der Waals surface area contributed by atoms with E-state index in [1.165, 1.54) is 4.90 Å². The Labute approximate surface area is 199 Å². The highest BCUT2D eigenvalue weighted by molar-refractivity contribution is 9.10. The van der Waals surface area contributed by atoms with Crippen LogP contribution in [0.3, 0.4) is 0 Å². The van der Waals surface area contributed by atoms with E-state index in [0.29, 0.717) is 12.2 Å². The van der Waals surface area contributed by atoms with Crippen molar-refractivity contribution in [2.45, 2.75) is 39.8 Å². The van der Waals surface area contributed by atoms with Crippen molar-refractivity contribution in [2.24, 2.45) is 0 Å². The van der Waals surface area contributed by atoms with Gasteiger partial charge < -0.3 is 10.2 Å². The number of nitrogens with zero attached hydrogens (tertiary/aromatic N) is 2. The van der Waals surface area contributed by atoms with Gasteiger partial charge in [0.1, 0.15) is 12.6 Å². The monoisotopic (exact) mass is 523 g/mol. The first kappa shape index (κ1) is 25.9. The van der Waals surface area contributed by atoms with Crippen LogP contribution in [-0.4, -0.2) is 50.5 Å². The standard InChI is InChI=1S/C23H30BrN3O4S/c1-5-13-25-23(29)18(3)26(15-19-8-6-7-17(2)14-19)22(28)16-27(32(4,30)31)21-11-9-20(24)10-12-21/h6-12,14,18H,5,13,15-16H2,1-4H3,(H,25,29)/t18-/m0/s1. The van der Waals surface area contributed by atoms with Crippen LogP contribution in [0.15, 0.2) is 53.0 Å². The summed E-state index contributed by atoms with van der Waals surface area (Å²) in [6.07, 6.45) is 1.83. The zero-order valence-corrected chi connectivity index (χ0v) is 21.2. The molecule has 0 aromatic heterocycles. The van der Waals surface area contributed by atoms with Crippen molar-refractivity contribution >= 4 is 43.5 Å². The molecule has 7 nitrogen and oxygen atoms in total. The zero-order chi connectivity index (χ0) is 23.9. The normalized spacial score (nSPS) is 12.2. The van der Waals surface area contributed by atoms with Crippen LogP contribution in [0.1, 0.15) is 31.4 Å². The van der Waals surface area contributed by atoms with E-state index in [9.17, 15) is 18.0 Å². The molecule has 0 aliphatic heterocycles. The lowest BCUT2D eigenvalue weighted by Crippen LogP contribution is -2.51. The number of hydrogen-bond donors (Lipinski definition) is 1. The van der Waals surface area contributed by atoms with Gasteiger partial charge in [-0.25, -0.2) is 8.42 Å². The number of halogens is 1. The molecule has 0 saturated carbocycles. The molecule has 2 aromatic carbocycles. The zero-order valence-electron chi connectivity index (χ0n) is 18.8. The van der Waals surface area contributed by atoms with Crippen LogP contribution >= 0.6 is 15.9 Å². The topological polar surface area (TPSA) is 86.8 Å². The summed E-state index contributed by atoms with van der Waals surface area (Å²) in [5.41, 5.74) is 2.27. The van der Waals surface area contributed by atoms with Gasteiger partial charge in [-0.2, -0.15) is 0 Å². The van der Waals surface area contributed by atoms with Crippen molar-refractivity contribution in [1.29, 1.82) is 0 Å². The number of nitrogens with one attached hydrogen (secondary N) is 1. The smallest absolute Gasteiger partial charge is 0.244 e. The molecule has 0 bridgehead atoms. The Bertz CT molecular complexity index is 1040. The third kappa shape index (κ3) is 7.34. The van der Waals surface area contributed by atoms with Crippen molar-refractivity contribution in [3.63, 3.8) is 0 Å². The van der Waals surface area contributed by atoms with Crippen LogP contribution in [0, 0.1) is 6.92 Å². The summed E-state index contributed by atoms with van der Waals surface area (Å²) in [5.74, 6) is -0.735. The lowest BCUT2D eigenvalue weighted by molar-refractivity contribution is -0.139. The van der Waals surface area contributed by atoms with E-state index >= 15 is 0 Å². The van der Waals surface area contributed by atoms with E-state index in [0.717, 1.165) is 32.6 Å². The number of rotatable bonds is 10. The predicted molar refractivity (Wildman–Crippen MR) is 131 cm³/mol. The molecule has 0 saturated heterocycles. The summed E-state index contributed by atoms with van der Waals surface area (Å²) < 4.78 is 26.8. The number of amides is 2. The number of hydrogen-bond acceptors (Lipinski definition) is 4. The number of sulfonamides is 1. The van der Waals surface area contributed by atoms with Gasteiger partial charge in [-0.1, -0.05) is 52.7 Å². The fourth-order valence-electron chi connectivity index (χ4n) is 3.21. The van der Waals surface area contributed by atoms with Crippen LogP contribution in [0.25, 0.3) is 0 Å². The highest BCUT2D eigenvalue weighted by Crippen LogP contribution is 2.21. The summed E-state index contributed by atoms with van der Waals surface area (Å²) in [6, 6.07) is 13.6. The van der Waals surface area contributed by atoms with Crippen molar-refractivity contribution in [3.8, 4) is 0 Å². The third-order valence-corrected chi connectivity index (χ3v) is 6.61. The average Bonchev–Trinajstić information content (AvgIpc) is 2.73. The minimum atomic E-state index is -3.73. The molecule has 0 heterocycles. The van der Waals surface area contributed by atoms with E-state index in [4.69, 9.17) is 0 Å². The van der Waals surface area contributed by atoms with Crippen LogP contribution < -0.4 is 9.62 Å². The van der Waals surface area contributed by atoms with Crippen molar-refractivity contribution in [2.75, 3.05) is 23.7 Å². The molecule has 1 atom stereocenters. The fourth-order valence-corrected chi connectivity index (χ4v) is 4.32. The third-order valence-electron chi connectivity index (χ3n) is 4.95. The summed E-state index contributed by atoms with van der Waals surface area (Å²) in [4.78, 5) is 27.5. The molecule has 9 heteroatoms. The van der Waals surface area contributed by atoms with Crippen LogP contribution in [-0.2, 0) is 26.2 Å². The molecule has 1 N–H and O–H groups in total. The van der Waals surface area contributed by atoms with Gasteiger partial charge in [-0.3, -0.25) is 13.9 Å². The molecule has 2 amide bonds. The van der Waals surface area contributed by atoms with Gasteiger partial charge in [-0.05, 0) is 50.1 Å². The van der Waals surface area contributed by atoms with Gasteiger partial charge >= 0.3 is 0 Å². The lowest BCUT2D eigenvalue weighted by atomic mass is 10.1. The first-order valence-electron chi connectivity index (χ1n) is 10.4. The molecule has 2 rings (SSSR count). The van der Waals surface area contributed by atoms with E-state index in [2.05, 4.69) is 21.2 Å². The minimum Gasteiger partial charge on any atom is -0.354 e. The summed E-state index contributed by atoms with van der Waals surface area (Å²) in [5, 5.41) is 2.82. The maximum atomic E-state index is 13.4. The highest BCUT2D eigenvalue weighted by atomic mass is 79.9. The quantitative estimate of drug-likeness (QED) is 0.516.